The molecule has 0 bridgehead atoms. The molecule has 0 saturated heterocycles. The Bertz CT molecular complexity index is 544. The number of ether oxygens (including phenoxy) is 1. The number of hydrogen-bond donors (Lipinski definition) is 3. The first-order valence-electron chi connectivity index (χ1n) is 6.30. The number of nitrogens with zero attached hydrogens (tertiary/aromatic N) is 1. The summed E-state index contributed by atoms with van der Waals surface area (Å²) in [5, 5.41) is 12.0. The van der Waals surface area contributed by atoms with Gasteiger partial charge in [-0.3, -0.25) is 15.6 Å². The van der Waals surface area contributed by atoms with Crippen LogP contribution in [0.5, 0.6) is 5.75 Å². The van der Waals surface area contributed by atoms with Crippen molar-refractivity contribution in [3.05, 3.63) is 29.8 Å². The Morgan fingerprint density at radius 1 is 1.29 bits per heavy atom. The highest BCUT2D eigenvalue weighted by Gasteiger charge is 2.11. The fourth-order valence-electron chi connectivity index (χ4n) is 1.31. The van der Waals surface area contributed by atoms with Crippen molar-refractivity contribution in [1.29, 1.82) is 5.26 Å². The van der Waals surface area contributed by atoms with Gasteiger partial charge in [0.05, 0.1) is 11.6 Å². The number of thiocarbonyl (C=S) groups is 1. The van der Waals surface area contributed by atoms with Crippen molar-refractivity contribution in [3.8, 4) is 11.8 Å². The van der Waals surface area contributed by atoms with Gasteiger partial charge in [-0.15, -0.1) is 0 Å². The van der Waals surface area contributed by atoms with E-state index < -0.39 is 0 Å². The predicted octanol–water partition coefficient (Wildman–Crippen LogP) is 1.23. The Hall–Kier alpha value is -2.33. The fraction of sp³-hybridized carbons (Fsp3) is 0.357. The molecule has 6 nitrogen and oxygen atoms in total. The molecule has 0 unspecified atom stereocenters. The third-order valence-corrected chi connectivity index (χ3v) is 2.36. The van der Waals surface area contributed by atoms with Crippen molar-refractivity contribution in [2.24, 2.45) is 0 Å². The standard InChI is InChI=1S/C14H18N4O2S/c1-14(2,3)16-13(21)18-17-12(19)9-20-11-6-4-10(8-15)5-7-11/h4-7H,9H2,1-3H3,(H,17,19)(H2,16,18,21). The van der Waals surface area contributed by atoms with Crippen LogP contribution in [0.2, 0.25) is 0 Å². The molecule has 0 aliphatic rings. The van der Waals surface area contributed by atoms with Crippen LogP contribution in [0.4, 0.5) is 0 Å². The third-order valence-electron chi connectivity index (χ3n) is 2.16. The van der Waals surface area contributed by atoms with Gasteiger partial charge in [-0.05, 0) is 57.3 Å². The molecule has 0 aliphatic carbocycles. The van der Waals surface area contributed by atoms with Crippen LogP contribution in [-0.2, 0) is 4.79 Å². The SMILES string of the molecule is CC(C)(C)NC(=S)NNC(=O)COc1ccc(C#N)cc1. The summed E-state index contributed by atoms with van der Waals surface area (Å²) in [7, 11) is 0. The van der Waals surface area contributed by atoms with Gasteiger partial charge in [-0.25, -0.2) is 0 Å². The van der Waals surface area contributed by atoms with E-state index in [0.717, 1.165) is 0 Å². The quantitative estimate of drug-likeness (QED) is 0.575. The molecule has 1 aromatic rings. The lowest BCUT2D eigenvalue weighted by atomic mass is 10.1. The first-order chi connectivity index (χ1) is 9.80. The van der Waals surface area contributed by atoms with E-state index in [2.05, 4.69) is 16.2 Å². The second kappa shape index (κ2) is 7.45. The average molecular weight is 306 g/mol. The lowest BCUT2D eigenvalue weighted by Crippen LogP contribution is -2.52. The summed E-state index contributed by atoms with van der Waals surface area (Å²) in [5.41, 5.74) is 5.37. The number of rotatable bonds is 3. The maximum Gasteiger partial charge on any atom is 0.276 e. The topological polar surface area (TPSA) is 86.2 Å². The minimum atomic E-state index is -0.364. The van der Waals surface area contributed by atoms with E-state index in [-0.39, 0.29) is 18.1 Å². The van der Waals surface area contributed by atoms with Crippen LogP contribution < -0.4 is 20.9 Å². The summed E-state index contributed by atoms with van der Waals surface area (Å²) in [6.07, 6.45) is 0. The van der Waals surface area contributed by atoms with Gasteiger partial charge in [0.15, 0.2) is 11.7 Å². The number of carbonyl (C=O) groups excluding carboxylic acids is 1. The number of carbonyl (C=O) groups is 1. The molecule has 21 heavy (non-hydrogen) atoms. The van der Waals surface area contributed by atoms with Gasteiger partial charge in [-0.2, -0.15) is 5.26 Å². The Morgan fingerprint density at radius 3 is 2.43 bits per heavy atom. The second-order valence-corrected chi connectivity index (χ2v) is 5.71. The maximum absolute atomic E-state index is 11.6. The Balaban J connectivity index is 2.31. The molecule has 1 amide bonds. The summed E-state index contributed by atoms with van der Waals surface area (Å²) in [5.74, 6) is 0.150. The summed E-state index contributed by atoms with van der Waals surface area (Å²) < 4.78 is 5.28. The lowest BCUT2D eigenvalue weighted by molar-refractivity contribution is -0.123. The van der Waals surface area contributed by atoms with Gasteiger partial charge < -0.3 is 10.1 Å². The minimum absolute atomic E-state index is 0.156. The first kappa shape index (κ1) is 16.7. The van der Waals surface area contributed by atoms with E-state index in [4.69, 9.17) is 22.2 Å². The molecule has 0 aliphatic heterocycles. The zero-order valence-electron chi connectivity index (χ0n) is 12.2. The van der Waals surface area contributed by atoms with E-state index in [1.165, 1.54) is 0 Å². The number of amides is 1. The van der Waals surface area contributed by atoms with E-state index in [9.17, 15) is 4.79 Å². The van der Waals surface area contributed by atoms with Crippen molar-refractivity contribution in [3.63, 3.8) is 0 Å². The minimum Gasteiger partial charge on any atom is -0.484 e. The molecular weight excluding hydrogens is 288 g/mol. The molecule has 0 atom stereocenters. The van der Waals surface area contributed by atoms with Crippen LogP contribution >= 0.6 is 12.2 Å². The lowest BCUT2D eigenvalue weighted by Gasteiger charge is -2.23. The van der Waals surface area contributed by atoms with Crippen LogP contribution in [0.3, 0.4) is 0 Å². The van der Waals surface area contributed by atoms with Gasteiger partial charge in [0.25, 0.3) is 5.91 Å². The predicted molar refractivity (Wildman–Crippen MR) is 83.4 cm³/mol. The van der Waals surface area contributed by atoms with Crippen LogP contribution in [0.15, 0.2) is 24.3 Å². The monoisotopic (exact) mass is 306 g/mol. The van der Waals surface area contributed by atoms with Crippen molar-refractivity contribution in [2.75, 3.05) is 6.61 Å². The highest BCUT2D eigenvalue weighted by atomic mass is 32.1. The molecular formula is C14H18N4O2S. The molecule has 0 saturated carbocycles. The Labute approximate surface area is 129 Å². The van der Waals surface area contributed by atoms with E-state index in [1.54, 1.807) is 24.3 Å². The number of benzene rings is 1. The van der Waals surface area contributed by atoms with E-state index in [1.807, 2.05) is 26.8 Å². The van der Waals surface area contributed by atoms with Crippen molar-refractivity contribution in [2.45, 2.75) is 26.3 Å². The smallest absolute Gasteiger partial charge is 0.276 e. The molecule has 0 heterocycles. The third kappa shape index (κ3) is 7.13. The molecule has 0 fully saturated rings. The Morgan fingerprint density at radius 2 is 1.90 bits per heavy atom. The number of hydrogen-bond acceptors (Lipinski definition) is 4. The highest BCUT2D eigenvalue weighted by Crippen LogP contribution is 2.10. The largest absolute Gasteiger partial charge is 0.484 e. The molecule has 0 radical (unpaired) electrons. The molecule has 0 spiro atoms. The number of nitriles is 1. The van der Waals surface area contributed by atoms with Gasteiger partial charge in [0.1, 0.15) is 5.75 Å². The van der Waals surface area contributed by atoms with E-state index in [0.29, 0.717) is 16.4 Å². The van der Waals surface area contributed by atoms with Gasteiger partial charge in [-0.1, -0.05) is 0 Å². The molecule has 112 valence electrons. The maximum atomic E-state index is 11.6. The molecule has 7 heteroatoms. The summed E-state index contributed by atoms with van der Waals surface area (Å²) in [6.45, 7) is 5.71. The van der Waals surface area contributed by atoms with E-state index >= 15 is 0 Å². The number of hydrazine groups is 1. The van der Waals surface area contributed by atoms with Crippen molar-refractivity contribution >= 4 is 23.2 Å². The molecule has 3 N–H and O–H groups in total. The van der Waals surface area contributed by atoms with Crippen LogP contribution in [0, 0.1) is 11.3 Å². The normalized spacial score (nSPS) is 10.2. The summed E-state index contributed by atoms with van der Waals surface area (Å²) >= 11 is 5.02. The summed E-state index contributed by atoms with van der Waals surface area (Å²) in [6, 6.07) is 8.50. The zero-order valence-corrected chi connectivity index (χ0v) is 13.0. The number of nitrogens with one attached hydrogen (secondary N) is 3. The van der Waals surface area contributed by atoms with Gasteiger partial charge in [0, 0.05) is 5.54 Å². The average Bonchev–Trinajstić information content (AvgIpc) is 2.41. The molecule has 1 rings (SSSR count). The molecule has 0 aromatic heterocycles. The first-order valence-corrected chi connectivity index (χ1v) is 6.71. The van der Waals surface area contributed by atoms with Crippen molar-refractivity contribution in [1.82, 2.24) is 16.2 Å². The van der Waals surface area contributed by atoms with Crippen LogP contribution in [-0.4, -0.2) is 23.2 Å². The zero-order chi connectivity index (χ0) is 15.9. The summed E-state index contributed by atoms with van der Waals surface area (Å²) in [4.78, 5) is 11.6. The van der Waals surface area contributed by atoms with Crippen LogP contribution in [0.25, 0.3) is 0 Å². The van der Waals surface area contributed by atoms with Gasteiger partial charge >= 0.3 is 0 Å². The fourth-order valence-corrected chi connectivity index (χ4v) is 1.67. The van der Waals surface area contributed by atoms with Crippen LogP contribution in [0.1, 0.15) is 26.3 Å². The highest BCUT2D eigenvalue weighted by molar-refractivity contribution is 7.80. The second-order valence-electron chi connectivity index (χ2n) is 5.30. The Kier molecular flexibility index (Phi) is 5.93. The van der Waals surface area contributed by atoms with Crippen molar-refractivity contribution < 1.29 is 9.53 Å². The molecule has 1 aromatic carbocycles. The van der Waals surface area contributed by atoms with Gasteiger partial charge in [0.2, 0.25) is 0 Å².